The monoisotopic (exact) mass is 203 g/mol. The first kappa shape index (κ1) is 11.8. The predicted molar refractivity (Wildman–Crippen MR) is 67.5 cm³/mol. The zero-order chi connectivity index (χ0) is 11.3. The van der Waals surface area contributed by atoms with Gasteiger partial charge in [0.1, 0.15) is 0 Å². The first-order valence-electron chi connectivity index (χ1n) is 5.79. The van der Waals surface area contributed by atoms with Gasteiger partial charge in [0.2, 0.25) is 0 Å². The second-order valence-electron chi connectivity index (χ2n) is 3.78. The van der Waals surface area contributed by atoms with Gasteiger partial charge < -0.3 is 4.90 Å². The Balaban J connectivity index is 0.000000531. The van der Waals surface area contributed by atoms with Gasteiger partial charge in [-0.1, -0.05) is 38.1 Å². The van der Waals surface area contributed by atoms with Crippen molar-refractivity contribution in [3.8, 4) is 0 Å². The molecule has 0 radical (unpaired) electrons. The van der Waals surface area contributed by atoms with E-state index in [4.69, 9.17) is 0 Å². The summed E-state index contributed by atoms with van der Waals surface area (Å²) in [6.07, 6.45) is 4.38. The van der Waals surface area contributed by atoms with Crippen LogP contribution >= 0.6 is 0 Å². The van der Waals surface area contributed by atoms with E-state index in [1.54, 1.807) is 0 Å². The zero-order valence-corrected chi connectivity index (χ0v) is 10.2. The highest BCUT2D eigenvalue weighted by molar-refractivity contribution is 5.55. The molecule has 1 aliphatic rings. The Morgan fingerprint density at radius 2 is 1.80 bits per heavy atom. The van der Waals surface area contributed by atoms with Gasteiger partial charge in [-0.15, -0.1) is 0 Å². The molecule has 1 heterocycles. The van der Waals surface area contributed by atoms with Gasteiger partial charge in [0.05, 0.1) is 0 Å². The van der Waals surface area contributed by atoms with Crippen LogP contribution < -0.4 is 0 Å². The summed E-state index contributed by atoms with van der Waals surface area (Å²) in [5, 5.41) is 0. The third kappa shape index (κ3) is 2.85. The van der Waals surface area contributed by atoms with E-state index in [1.165, 1.54) is 11.1 Å². The topological polar surface area (TPSA) is 3.24 Å². The van der Waals surface area contributed by atoms with E-state index in [1.807, 2.05) is 13.8 Å². The van der Waals surface area contributed by atoms with Crippen LogP contribution in [0.15, 0.2) is 30.5 Å². The Kier molecular flexibility index (Phi) is 4.41. The molecule has 1 heteroatoms. The Bertz CT molecular complexity index is 326. The Morgan fingerprint density at radius 1 is 1.13 bits per heavy atom. The zero-order valence-electron chi connectivity index (χ0n) is 10.2. The van der Waals surface area contributed by atoms with Gasteiger partial charge in [-0.3, -0.25) is 0 Å². The largest absolute Gasteiger partial charge is 0.371 e. The van der Waals surface area contributed by atoms with Gasteiger partial charge in [0, 0.05) is 18.8 Å². The van der Waals surface area contributed by atoms with Crippen LogP contribution in [-0.4, -0.2) is 10.9 Å². The van der Waals surface area contributed by atoms with Crippen LogP contribution in [0.1, 0.15) is 38.8 Å². The Hall–Kier alpha value is -1.24. The maximum Gasteiger partial charge on any atom is 0.0432 e. The van der Waals surface area contributed by atoms with E-state index >= 15 is 0 Å². The van der Waals surface area contributed by atoms with E-state index in [9.17, 15) is 0 Å². The molecule has 82 valence electrons. The van der Waals surface area contributed by atoms with Crippen LogP contribution in [0.5, 0.6) is 0 Å². The molecule has 0 aliphatic carbocycles. The van der Waals surface area contributed by atoms with Gasteiger partial charge in [-0.25, -0.2) is 0 Å². The third-order valence-corrected chi connectivity index (χ3v) is 2.52. The molecule has 1 aliphatic heterocycles. The number of hydrogen-bond acceptors (Lipinski definition) is 1. The average molecular weight is 203 g/mol. The van der Waals surface area contributed by atoms with Gasteiger partial charge >= 0.3 is 0 Å². The third-order valence-electron chi connectivity index (χ3n) is 2.52. The Morgan fingerprint density at radius 3 is 2.47 bits per heavy atom. The molecular formula is C14H21N. The van der Waals surface area contributed by atoms with Gasteiger partial charge in [0.25, 0.3) is 0 Å². The molecule has 0 fully saturated rings. The minimum Gasteiger partial charge on any atom is -0.371 e. The summed E-state index contributed by atoms with van der Waals surface area (Å²) in [5.74, 6) is 0. The molecule has 15 heavy (non-hydrogen) atoms. The number of benzene rings is 1. The number of nitrogens with zero attached hydrogens (tertiary/aromatic N) is 1. The van der Waals surface area contributed by atoms with Crippen molar-refractivity contribution in [2.75, 3.05) is 0 Å². The van der Waals surface area contributed by atoms with Crippen molar-refractivity contribution < 1.29 is 0 Å². The summed E-state index contributed by atoms with van der Waals surface area (Å²) in [6.45, 7) is 9.49. The maximum atomic E-state index is 2.35. The lowest BCUT2D eigenvalue weighted by Crippen LogP contribution is -2.26. The normalized spacial score (nSPS) is 13.3. The smallest absolute Gasteiger partial charge is 0.0432 e. The van der Waals surface area contributed by atoms with Crippen LogP contribution in [0.4, 0.5) is 0 Å². The SMILES string of the molecule is CC.CC(C)N1C=Cc2ccccc2C1. The molecule has 0 unspecified atom stereocenters. The van der Waals surface area contributed by atoms with E-state index in [0.29, 0.717) is 6.04 Å². The van der Waals surface area contributed by atoms with E-state index in [2.05, 4.69) is 55.3 Å². The molecule has 0 N–H and O–H groups in total. The van der Waals surface area contributed by atoms with Crippen LogP contribution in [0, 0.1) is 0 Å². The van der Waals surface area contributed by atoms with Crippen molar-refractivity contribution in [1.29, 1.82) is 0 Å². The highest BCUT2D eigenvalue weighted by atomic mass is 15.1. The molecule has 0 saturated carbocycles. The average Bonchev–Trinajstić information content (AvgIpc) is 2.31. The fraction of sp³-hybridized carbons (Fsp3) is 0.429. The summed E-state index contributed by atoms with van der Waals surface area (Å²) >= 11 is 0. The summed E-state index contributed by atoms with van der Waals surface area (Å²) in [4.78, 5) is 2.35. The summed E-state index contributed by atoms with van der Waals surface area (Å²) in [7, 11) is 0. The number of hydrogen-bond donors (Lipinski definition) is 0. The van der Waals surface area contributed by atoms with Crippen molar-refractivity contribution in [1.82, 2.24) is 4.90 Å². The standard InChI is InChI=1S/C12H15N.C2H6/c1-10(2)13-8-7-11-5-3-4-6-12(11)9-13;1-2/h3-8,10H,9H2,1-2H3;1-2H3. The van der Waals surface area contributed by atoms with Crippen LogP contribution in [0.2, 0.25) is 0 Å². The molecule has 0 spiro atoms. The van der Waals surface area contributed by atoms with Gasteiger partial charge in [0.15, 0.2) is 0 Å². The van der Waals surface area contributed by atoms with Crippen LogP contribution in [0.25, 0.3) is 6.08 Å². The highest BCUT2D eigenvalue weighted by Gasteiger charge is 2.11. The molecule has 2 rings (SSSR count). The molecule has 1 nitrogen and oxygen atoms in total. The van der Waals surface area contributed by atoms with Crippen molar-refractivity contribution in [3.63, 3.8) is 0 Å². The first-order chi connectivity index (χ1) is 7.27. The minimum atomic E-state index is 0.588. The van der Waals surface area contributed by atoms with Gasteiger partial charge in [-0.2, -0.15) is 0 Å². The molecule has 0 bridgehead atoms. The predicted octanol–water partition coefficient (Wildman–Crippen LogP) is 3.91. The molecule has 0 saturated heterocycles. The van der Waals surface area contributed by atoms with E-state index in [-0.39, 0.29) is 0 Å². The molecule has 1 aromatic carbocycles. The summed E-state index contributed by atoms with van der Waals surface area (Å²) < 4.78 is 0. The van der Waals surface area contributed by atoms with Crippen molar-refractivity contribution in [3.05, 3.63) is 41.6 Å². The van der Waals surface area contributed by atoms with Crippen LogP contribution in [-0.2, 0) is 6.54 Å². The molecule has 0 amide bonds. The quantitative estimate of drug-likeness (QED) is 0.669. The van der Waals surface area contributed by atoms with Gasteiger partial charge in [-0.05, 0) is 31.1 Å². The maximum absolute atomic E-state index is 2.35. The van der Waals surface area contributed by atoms with Crippen molar-refractivity contribution in [2.45, 2.75) is 40.3 Å². The molecule has 1 aromatic rings. The van der Waals surface area contributed by atoms with E-state index < -0.39 is 0 Å². The highest BCUT2D eigenvalue weighted by Crippen LogP contribution is 2.20. The fourth-order valence-electron chi connectivity index (χ4n) is 1.62. The molecule has 0 aromatic heterocycles. The lowest BCUT2D eigenvalue weighted by molar-refractivity contribution is 0.302. The van der Waals surface area contributed by atoms with Crippen LogP contribution in [0.3, 0.4) is 0 Å². The fourth-order valence-corrected chi connectivity index (χ4v) is 1.62. The second-order valence-corrected chi connectivity index (χ2v) is 3.78. The summed E-state index contributed by atoms with van der Waals surface area (Å²) in [6, 6.07) is 9.16. The van der Waals surface area contributed by atoms with Crippen molar-refractivity contribution in [2.24, 2.45) is 0 Å². The Labute approximate surface area is 93.4 Å². The van der Waals surface area contributed by atoms with Crippen molar-refractivity contribution >= 4 is 6.08 Å². The second kappa shape index (κ2) is 5.59. The van der Waals surface area contributed by atoms with E-state index in [0.717, 1.165) is 6.54 Å². The molecular weight excluding hydrogens is 182 g/mol. The lowest BCUT2D eigenvalue weighted by atomic mass is 10.0. The number of fused-ring (bicyclic) bond motifs is 1. The lowest BCUT2D eigenvalue weighted by Gasteiger charge is -2.28. The summed E-state index contributed by atoms with van der Waals surface area (Å²) in [5.41, 5.74) is 2.79. The first-order valence-corrected chi connectivity index (χ1v) is 5.79. The molecule has 0 atom stereocenters. The minimum absolute atomic E-state index is 0.588. The number of rotatable bonds is 1.